The third kappa shape index (κ3) is 2.73. The Morgan fingerprint density at radius 1 is 1.05 bits per heavy atom. The molecule has 0 heterocycles. The van der Waals surface area contributed by atoms with Crippen LogP contribution in [-0.2, 0) is 0 Å². The molecule has 1 atom stereocenters. The van der Waals surface area contributed by atoms with E-state index in [-0.39, 0.29) is 10.6 Å². The van der Waals surface area contributed by atoms with E-state index in [1.54, 1.807) is 6.07 Å². The number of hydrogen-bond donors (Lipinski definition) is 1. The van der Waals surface area contributed by atoms with Crippen LogP contribution >= 0.6 is 11.6 Å². The van der Waals surface area contributed by atoms with Gasteiger partial charge in [-0.05, 0) is 35.4 Å². The van der Waals surface area contributed by atoms with Gasteiger partial charge in [0.2, 0.25) is 0 Å². The Balaban J connectivity index is 2.41. The van der Waals surface area contributed by atoms with Gasteiger partial charge in [0.25, 0.3) is 0 Å². The van der Waals surface area contributed by atoms with Crippen LogP contribution in [0.1, 0.15) is 22.7 Å². The largest absolute Gasteiger partial charge is 0.320 e. The van der Waals surface area contributed by atoms with E-state index in [1.165, 1.54) is 36.4 Å². The Bertz CT molecular complexity index is 665. The molecule has 0 saturated carbocycles. The van der Waals surface area contributed by atoms with Gasteiger partial charge in [0, 0.05) is 0 Å². The maximum atomic E-state index is 13.2. The average Bonchev–Trinajstić information content (AvgIpc) is 2.41. The number of nitrogens with two attached hydrogens (primary N) is 1. The Labute approximate surface area is 114 Å². The molecule has 0 bridgehead atoms. The highest BCUT2D eigenvalue weighted by Gasteiger charge is 2.13. The van der Waals surface area contributed by atoms with E-state index in [1.807, 2.05) is 0 Å². The van der Waals surface area contributed by atoms with E-state index < -0.39 is 17.7 Å². The lowest BCUT2D eigenvalue weighted by atomic mass is 9.98. The second-order valence-corrected chi connectivity index (χ2v) is 4.41. The first-order valence-corrected chi connectivity index (χ1v) is 5.81. The molecule has 0 saturated heterocycles. The summed E-state index contributed by atoms with van der Waals surface area (Å²) in [5.74, 6) is -1.13. The summed E-state index contributed by atoms with van der Waals surface area (Å²) in [6.07, 6.45) is 0. The smallest absolute Gasteiger partial charge is 0.141 e. The van der Waals surface area contributed by atoms with E-state index in [0.717, 1.165) is 0 Å². The van der Waals surface area contributed by atoms with Crippen LogP contribution in [0, 0.1) is 23.0 Å². The Morgan fingerprint density at radius 2 is 1.63 bits per heavy atom. The first-order valence-electron chi connectivity index (χ1n) is 5.43. The molecule has 2 N–H and O–H groups in total. The van der Waals surface area contributed by atoms with Gasteiger partial charge >= 0.3 is 0 Å². The minimum atomic E-state index is -0.606. The molecule has 0 aliphatic heterocycles. The molecule has 0 aliphatic carbocycles. The Hall–Kier alpha value is -1.96. The van der Waals surface area contributed by atoms with Gasteiger partial charge in [0.1, 0.15) is 17.7 Å². The van der Waals surface area contributed by atoms with Crippen molar-refractivity contribution in [2.24, 2.45) is 5.73 Å². The molecule has 0 aromatic heterocycles. The topological polar surface area (TPSA) is 49.8 Å². The fourth-order valence-corrected chi connectivity index (χ4v) is 1.91. The molecule has 0 aliphatic rings. The molecule has 0 spiro atoms. The van der Waals surface area contributed by atoms with Crippen molar-refractivity contribution in [2.75, 3.05) is 0 Å². The van der Waals surface area contributed by atoms with Crippen molar-refractivity contribution in [1.29, 1.82) is 5.26 Å². The molecule has 0 radical (unpaired) electrons. The predicted octanol–water partition coefficient (Wildman–Crippen LogP) is 3.54. The zero-order valence-corrected chi connectivity index (χ0v) is 10.5. The second-order valence-electron chi connectivity index (χ2n) is 4.00. The van der Waals surface area contributed by atoms with E-state index in [9.17, 15) is 8.78 Å². The minimum Gasteiger partial charge on any atom is -0.320 e. The highest BCUT2D eigenvalue weighted by atomic mass is 35.5. The van der Waals surface area contributed by atoms with Gasteiger partial charge in [-0.1, -0.05) is 23.7 Å². The van der Waals surface area contributed by atoms with Gasteiger partial charge in [0.05, 0.1) is 16.6 Å². The van der Waals surface area contributed by atoms with Crippen LogP contribution < -0.4 is 5.73 Å². The highest BCUT2D eigenvalue weighted by molar-refractivity contribution is 6.30. The van der Waals surface area contributed by atoms with Gasteiger partial charge in [-0.2, -0.15) is 5.26 Å². The van der Waals surface area contributed by atoms with E-state index in [2.05, 4.69) is 0 Å². The lowest BCUT2D eigenvalue weighted by Gasteiger charge is -2.13. The lowest BCUT2D eigenvalue weighted by Crippen LogP contribution is -2.12. The monoisotopic (exact) mass is 278 g/mol. The van der Waals surface area contributed by atoms with Crippen LogP contribution in [0.25, 0.3) is 0 Å². The number of hydrogen-bond acceptors (Lipinski definition) is 2. The maximum Gasteiger partial charge on any atom is 0.141 e. The number of halogens is 3. The van der Waals surface area contributed by atoms with Gasteiger partial charge in [-0.3, -0.25) is 0 Å². The van der Waals surface area contributed by atoms with Crippen LogP contribution in [0.2, 0.25) is 5.02 Å². The highest BCUT2D eigenvalue weighted by Crippen LogP contribution is 2.25. The van der Waals surface area contributed by atoms with Gasteiger partial charge in [0.15, 0.2) is 0 Å². The molecular formula is C14H9ClF2N2. The molecule has 0 fully saturated rings. The van der Waals surface area contributed by atoms with Crippen molar-refractivity contribution in [3.05, 3.63) is 69.7 Å². The zero-order valence-electron chi connectivity index (χ0n) is 9.70. The van der Waals surface area contributed by atoms with Crippen LogP contribution in [-0.4, -0.2) is 0 Å². The van der Waals surface area contributed by atoms with Crippen molar-refractivity contribution in [1.82, 2.24) is 0 Å². The predicted molar refractivity (Wildman–Crippen MR) is 68.6 cm³/mol. The molecule has 96 valence electrons. The summed E-state index contributed by atoms with van der Waals surface area (Å²) >= 11 is 5.69. The average molecular weight is 279 g/mol. The van der Waals surface area contributed by atoms with Crippen molar-refractivity contribution >= 4 is 11.6 Å². The SMILES string of the molecule is N#Cc1cc(C(N)c2ccc(F)c(Cl)c2)ccc1F. The Kier molecular flexibility index (Phi) is 3.79. The molecular weight excluding hydrogens is 270 g/mol. The number of nitriles is 1. The van der Waals surface area contributed by atoms with E-state index in [0.29, 0.717) is 11.1 Å². The normalized spacial score (nSPS) is 11.9. The fraction of sp³-hybridized carbons (Fsp3) is 0.0714. The summed E-state index contributed by atoms with van der Waals surface area (Å²) in [4.78, 5) is 0. The fourth-order valence-electron chi connectivity index (χ4n) is 1.72. The molecule has 19 heavy (non-hydrogen) atoms. The summed E-state index contributed by atoms with van der Waals surface area (Å²) in [6.45, 7) is 0. The quantitative estimate of drug-likeness (QED) is 0.913. The zero-order chi connectivity index (χ0) is 14.0. The van der Waals surface area contributed by atoms with E-state index >= 15 is 0 Å². The minimum absolute atomic E-state index is 0.0319. The number of benzene rings is 2. The molecule has 2 rings (SSSR count). The van der Waals surface area contributed by atoms with Crippen molar-refractivity contribution in [3.8, 4) is 6.07 Å². The van der Waals surface area contributed by atoms with Crippen LogP contribution in [0.4, 0.5) is 8.78 Å². The van der Waals surface area contributed by atoms with Gasteiger partial charge in [-0.15, -0.1) is 0 Å². The number of rotatable bonds is 2. The summed E-state index contributed by atoms with van der Waals surface area (Å²) in [5, 5.41) is 8.74. The van der Waals surface area contributed by atoms with Crippen LogP contribution in [0.15, 0.2) is 36.4 Å². The number of nitrogens with zero attached hydrogens (tertiary/aromatic N) is 1. The summed E-state index contributed by atoms with van der Waals surface area (Å²) in [5.41, 5.74) is 7.05. The third-order valence-electron chi connectivity index (χ3n) is 2.77. The summed E-state index contributed by atoms with van der Waals surface area (Å²) in [7, 11) is 0. The standard InChI is InChI=1S/C14H9ClF2N2/c15-11-6-9(2-4-13(11)17)14(19)8-1-3-12(16)10(5-8)7-18/h1-6,14H,19H2. The Morgan fingerprint density at radius 3 is 2.21 bits per heavy atom. The molecule has 0 amide bonds. The first-order chi connectivity index (χ1) is 9.02. The van der Waals surface area contributed by atoms with Crippen molar-refractivity contribution in [3.63, 3.8) is 0 Å². The van der Waals surface area contributed by atoms with Crippen molar-refractivity contribution < 1.29 is 8.78 Å². The summed E-state index contributed by atoms with van der Waals surface area (Å²) < 4.78 is 26.3. The molecule has 1 unspecified atom stereocenters. The molecule has 2 nitrogen and oxygen atoms in total. The van der Waals surface area contributed by atoms with Crippen LogP contribution in [0.3, 0.4) is 0 Å². The maximum absolute atomic E-state index is 13.2. The summed E-state index contributed by atoms with van der Waals surface area (Å²) in [6, 6.07) is 9.31. The second kappa shape index (κ2) is 5.35. The molecule has 2 aromatic rings. The van der Waals surface area contributed by atoms with E-state index in [4.69, 9.17) is 22.6 Å². The van der Waals surface area contributed by atoms with Gasteiger partial charge in [-0.25, -0.2) is 8.78 Å². The molecule has 5 heteroatoms. The van der Waals surface area contributed by atoms with Crippen molar-refractivity contribution in [2.45, 2.75) is 6.04 Å². The lowest BCUT2D eigenvalue weighted by molar-refractivity contribution is 0.622. The van der Waals surface area contributed by atoms with Crippen LogP contribution in [0.5, 0.6) is 0 Å². The molecule has 2 aromatic carbocycles. The third-order valence-corrected chi connectivity index (χ3v) is 3.06. The first kappa shape index (κ1) is 13.5. The van der Waals surface area contributed by atoms with Gasteiger partial charge < -0.3 is 5.73 Å².